The fourth-order valence-corrected chi connectivity index (χ4v) is 4.73. The predicted octanol–water partition coefficient (Wildman–Crippen LogP) is 6.70. The molecule has 0 aliphatic carbocycles. The second kappa shape index (κ2) is 12.4. The first-order valence-corrected chi connectivity index (χ1v) is 13.4. The Kier molecular flexibility index (Phi) is 9.63. The van der Waals surface area contributed by atoms with E-state index in [4.69, 9.17) is 9.47 Å². The Bertz CT molecular complexity index is 1130. The molecule has 35 heavy (non-hydrogen) atoms. The lowest BCUT2D eigenvalue weighted by molar-refractivity contribution is -0.113. The van der Waals surface area contributed by atoms with E-state index >= 15 is 0 Å². The zero-order valence-corrected chi connectivity index (χ0v) is 23.4. The molecule has 1 N–H and O–H groups in total. The summed E-state index contributed by atoms with van der Waals surface area (Å²) in [7, 11) is 1.63. The fraction of sp³-hybridized carbons (Fsp3) is 0.423. The van der Waals surface area contributed by atoms with Crippen LogP contribution in [0.4, 0.5) is 5.69 Å². The van der Waals surface area contributed by atoms with Gasteiger partial charge >= 0.3 is 0 Å². The quantitative estimate of drug-likeness (QED) is 0.263. The predicted molar refractivity (Wildman–Crippen MR) is 144 cm³/mol. The summed E-state index contributed by atoms with van der Waals surface area (Å²) in [4.78, 5) is 12.8. The maximum absolute atomic E-state index is 12.8. The Morgan fingerprint density at radius 2 is 1.74 bits per heavy atom. The minimum absolute atomic E-state index is 0.0811. The van der Waals surface area contributed by atoms with Crippen molar-refractivity contribution in [3.8, 4) is 11.5 Å². The van der Waals surface area contributed by atoms with Crippen molar-refractivity contribution in [1.29, 1.82) is 0 Å². The molecule has 1 amide bonds. The Morgan fingerprint density at radius 1 is 1.06 bits per heavy atom. The number of aromatic nitrogens is 3. The summed E-state index contributed by atoms with van der Waals surface area (Å²) in [6.07, 6.45) is -0.311. The number of nitrogens with one attached hydrogen (secondary N) is 1. The number of thioether (sulfide) groups is 1. The van der Waals surface area contributed by atoms with Gasteiger partial charge in [0, 0.05) is 16.7 Å². The molecule has 1 unspecified atom stereocenters. The maximum atomic E-state index is 12.8. The molecule has 188 valence electrons. The lowest BCUT2D eigenvalue weighted by Gasteiger charge is -2.18. The minimum atomic E-state index is -0.311. The normalized spacial score (nSPS) is 12.1. The molecule has 7 nitrogen and oxygen atoms in total. The molecule has 0 aliphatic heterocycles. The topological polar surface area (TPSA) is 78.3 Å². The van der Waals surface area contributed by atoms with Crippen molar-refractivity contribution in [3.63, 3.8) is 0 Å². The van der Waals surface area contributed by atoms with Gasteiger partial charge in [-0.25, -0.2) is 0 Å². The highest BCUT2D eigenvalue weighted by molar-refractivity contribution is 9.10. The number of carbonyl (C=O) groups is 1. The number of hydrogen-bond acceptors (Lipinski definition) is 6. The summed E-state index contributed by atoms with van der Waals surface area (Å²) in [6, 6.07) is 13.4. The summed E-state index contributed by atoms with van der Waals surface area (Å²) in [5, 5.41) is 12.5. The molecular formula is C26H33BrN4O3S. The van der Waals surface area contributed by atoms with Gasteiger partial charge in [-0.15, -0.1) is 10.2 Å². The zero-order chi connectivity index (χ0) is 25.5. The molecule has 0 saturated carbocycles. The summed E-state index contributed by atoms with van der Waals surface area (Å²) >= 11 is 4.89. The van der Waals surface area contributed by atoms with Crippen LogP contribution in [0.5, 0.6) is 11.5 Å². The highest BCUT2D eigenvalue weighted by Gasteiger charge is 2.21. The third-order valence-electron chi connectivity index (χ3n) is 5.27. The maximum Gasteiger partial charge on any atom is 0.234 e. The molecule has 3 aromatic rings. The Labute approximate surface area is 220 Å². The molecular weight excluding hydrogens is 528 g/mol. The van der Waals surface area contributed by atoms with Crippen molar-refractivity contribution >= 4 is 39.3 Å². The SMILES string of the molecule is COc1ccc(OC(C)c2nnc(SCC(=O)Nc3ccc(Br)cc3C(C)C)n2CC(C)C)cc1. The van der Waals surface area contributed by atoms with Crippen LogP contribution in [0, 0.1) is 5.92 Å². The van der Waals surface area contributed by atoms with Crippen molar-refractivity contribution in [2.24, 2.45) is 5.92 Å². The smallest absolute Gasteiger partial charge is 0.234 e. The van der Waals surface area contributed by atoms with E-state index in [9.17, 15) is 4.79 Å². The van der Waals surface area contributed by atoms with Crippen LogP contribution < -0.4 is 14.8 Å². The van der Waals surface area contributed by atoms with Crippen LogP contribution in [0.1, 0.15) is 58.0 Å². The van der Waals surface area contributed by atoms with E-state index in [2.05, 4.69) is 63.7 Å². The number of benzene rings is 2. The summed E-state index contributed by atoms with van der Waals surface area (Å²) in [5.74, 6) is 3.05. The molecule has 0 saturated heterocycles. The molecule has 0 radical (unpaired) electrons. The number of rotatable bonds is 11. The minimum Gasteiger partial charge on any atom is -0.497 e. The van der Waals surface area contributed by atoms with Crippen LogP contribution in [-0.2, 0) is 11.3 Å². The number of carbonyl (C=O) groups excluding carboxylic acids is 1. The summed E-state index contributed by atoms with van der Waals surface area (Å²) in [6.45, 7) is 11.2. The lowest BCUT2D eigenvalue weighted by Crippen LogP contribution is -2.18. The van der Waals surface area contributed by atoms with Crippen LogP contribution in [-0.4, -0.2) is 33.5 Å². The number of ether oxygens (including phenoxy) is 2. The van der Waals surface area contributed by atoms with E-state index in [0.29, 0.717) is 17.0 Å². The van der Waals surface area contributed by atoms with E-state index < -0.39 is 0 Å². The lowest BCUT2D eigenvalue weighted by atomic mass is 10.0. The number of methoxy groups -OCH3 is 1. The first-order chi connectivity index (χ1) is 16.7. The molecule has 1 aromatic heterocycles. The number of nitrogens with zero attached hydrogens (tertiary/aromatic N) is 3. The first kappa shape index (κ1) is 27.1. The molecule has 0 bridgehead atoms. The number of hydrogen-bond donors (Lipinski definition) is 1. The van der Waals surface area contributed by atoms with Crippen molar-refractivity contribution in [2.45, 2.75) is 58.3 Å². The monoisotopic (exact) mass is 560 g/mol. The highest BCUT2D eigenvalue weighted by Crippen LogP contribution is 2.29. The van der Waals surface area contributed by atoms with E-state index in [1.807, 2.05) is 49.4 Å². The highest BCUT2D eigenvalue weighted by atomic mass is 79.9. The molecule has 0 spiro atoms. The first-order valence-electron chi connectivity index (χ1n) is 11.6. The molecule has 1 heterocycles. The Morgan fingerprint density at radius 3 is 2.37 bits per heavy atom. The molecule has 1 atom stereocenters. The average Bonchev–Trinajstić information content (AvgIpc) is 3.21. The molecule has 2 aromatic carbocycles. The second-order valence-electron chi connectivity index (χ2n) is 9.00. The van der Waals surface area contributed by atoms with Gasteiger partial charge in [0.1, 0.15) is 11.5 Å². The van der Waals surface area contributed by atoms with Gasteiger partial charge in [0.25, 0.3) is 0 Å². The van der Waals surface area contributed by atoms with Gasteiger partial charge in [0.05, 0.1) is 12.9 Å². The van der Waals surface area contributed by atoms with E-state index in [0.717, 1.165) is 39.6 Å². The summed E-state index contributed by atoms with van der Waals surface area (Å²) < 4.78 is 14.4. The number of halogens is 1. The largest absolute Gasteiger partial charge is 0.497 e. The van der Waals surface area contributed by atoms with E-state index in [1.54, 1.807) is 7.11 Å². The van der Waals surface area contributed by atoms with Gasteiger partial charge in [-0.3, -0.25) is 4.79 Å². The molecule has 0 aliphatic rings. The zero-order valence-electron chi connectivity index (χ0n) is 21.0. The van der Waals surface area contributed by atoms with Crippen molar-refractivity contribution in [2.75, 3.05) is 18.2 Å². The Hall–Kier alpha value is -2.52. The van der Waals surface area contributed by atoms with Crippen LogP contribution in [0.3, 0.4) is 0 Å². The van der Waals surface area contributed by atoms with Crippen LogP contribution in [0.25, 0.3) is 0 Å². The number of anilines is 1. The molecule has 9 heteroatoms. The van der Waals surface area contributed by atoms with Crippen molar-refractivity contribution < 1.29 is 14.3 Å². The van der Waals surface area contributed by atoms with Gasteiger partial charge in [0.15, 0.2) is 17.1 Å². The van der Waals surface area contributed by atoms with Crippen LogP contribution >= 0.6 is 27.7 Å². The van der Waals surface area contributed by atoms with E-state index in [1.165, 1.54) is 11.8 Å². The average molecular weight is 562 g/mol. The van der Waals surface area contributed by atoms with Gasteiger partial charge in [0.2, 0.25) is 5.91 Å². The number of amides is 1. The third kappa shape index (κ3) is 7.48. The third-order valence-corrected chi connectivity index (χ3v) is 6.73. The fourth-order valence-electron chi connectivity index (χ4n) is 3.60. The van der Waals surface area contributed by atoms with Gasteiger partial charge in [-0.2, -0.15) is 0 Å². The standard InChI is InChI=1S/C26H33BrN4O3S/c1-16(2)14-31-25(18(5)34-21-10-8-20(33-6)9-11-21)29-30-26(31)35-15-24(32)28-23-12-7-19(27)13-22(23)17(3)4/h7-13,16-18H,14-15H2,1-6H3,(H,28,32). The van der Waals surface area contributed by atoms with Crippen molar-refractivity contribution in [1.82, 2.24) is 14.8 Å². The van der Waals surface area contributed by atoms with E-state index in [-0.39, 0.29) is 17.8 Å². The van der Waals surface area contributed by atoms with Gasteiger partial charge < -0.3 is 19.4 Å². The van der Waals surface area contributed by atoms with Crippen molar-refractivity contribution in [3.05, 3.63) is 58.3 Å². The van der Waals surface area contributed by atoms with Gasteiger partial charge in [-0.1, -0.05) is 55.4 Å². The molecule has 3 rings (SSSR count). The van der Waals surface area contributed by atoms with Crippen LogP contribution in [0.15, 0.2) is 52.1 Å². The van der Waals surface area contributed by atoms with Crippen LogP contribution in [0.2, 0.25) is 0 Å². The molecule has 0 fully saturated rings. The summed E-state index contributed by atoms with van der Waals surface area (Å²) in [5.41, 5.74) is 1.92. The van der Waals surface area contributed by atoms with Gasteiger partial charge in [-0.05, 0) is 66.8 Å². The Balaban J connectivity index is 1.71. The second-order valence-corrected chi connectivity index (χ2v) is 10.9.